The minimum Gasteiger partial charge on any atom is -0.495 e. The predicted octanol–water partition coefficient (Wildman–Crippen LogP) is 4.72. The Balaban J connectivity index is 1.38. The molecule has 4 heterocycles. The van der Waals surface area contributed by atoms with E-state index in [1.54, 1.807) is 32.7 Å². The van der Waals surface area contributed by atoms with E-state index in [0.29, 0.717) is 31.9 Å². The summed E-state index contributed by atoms with van der Waals surface area (Å²) in [5.41, 5.74) is 1.72. The number of benzene rings is 2. The number of fused-ring (bicyclic) bond motifs is 2. The molecule has 9 nitrogen and oxygen atoms in total. The summed E-state index contributed by atoms with van der Waals surface area (Å²) in [7, 11) is 3.32. The van der Waals surface area contributed by atoms with E-state index in [1.807, 2.05) is 36.7 Å². The molecule has 3 aromatic rings. The van der Waals surface area contributed by atoms with Crippen molar-refractivity contribution in [3.05, 3.63) is 77.6 Å². The summed E-state index contributed by atoms with van der Waals surface area (Å²) in [5.74, 6) is 1.03. The number of methoxy groups -OCH3 is 2. The molecule has 0 bridgehead atoms. The van der Waals surface area contributed by atoms with Gasteiger partial charge in [-0.05, 0) is 43.2 Å². The molecule has 42 heavy (non-hydrogen) atoms. The summed E-state index contributed by atoms with van der Waals surface area (Å²) in [6.45, 7) is 5.77. The van der Waals surface area contributed by atoms with Crippen LogP contribution in [0.25, 0.3) is 5.69 Å². The van der Waals surface area contributed by atoms with Gasteiger partial charge in [0.15, 0.2) is 5.84 Å². The number of amidine groups is 1. The smallest absolute Gasteiger partial charge is 0.234 e. The van der Waals surface area contributed by atoms with Gasteiger partial charge in [-0.2, -0.15) is 0 Å². The molecule has 4 atom stereocenters. The Kier molecular flexibility index (Phi) is 6.22. The van der Waals surface area contributed by atoms with Gasteiger partial charge < -0.3 is 28.5 Å². The summed E-state index contributed by atoms with van der Waals surface area (Å²) < 4.78 is 33.8. The van der Waals surface area contributed by atoms with Crippen molar-refractivity contribution in [1.29, 1.82) is 0 Å². The van der Waals surface area contributed by atoms with Gasteiger partial charge >= 0.3 is 0 Å². The van der Waals surface area contributed by atoms with Gasteiger partial charge in [0.1, 0.15) is 17.3 Å². The summed E-state index contributed by atoms with van der Waals surface area (Å²) >= 11 is 0. The van der Waals surface area contributed by atoms with Crippen molar-refractivity contribution in [2.24, 2.45) is 16.0 Å². The first-order chi connectivity index (χ1) is 20.2. The number of hydrogen-bond donors (Lipinski definition) is 0. The molecule has 4 unspecified atom stereocenters. The second-order valence-corrected chi connectivity index (χ2v) is 12.4. The molecule has 1 saturated carbocycles. The lowest BCUT2D eigenvalue weighted by Gasteiger charge is -2.61. The third kappa shape index (κ3) is 3.91. The molecule has 3 fully saturated rings. The van der Waals surface area contributed by atoms with E-state index in [2.05, 4.69) is 16.0 Å². The number of aryl methyl sites for hydroxylation is 1. The monoisotopic (exact) mass is 574 g/mol. The van der Waals surface area contributed by atoms with Crippen LogP contribution in [-0.4, -0.2) is 66.2 Å². The zero-order chi connectivity index (χ0) is 29.3. The van der Waals surface area contributed by atoms with E-state index in [0.717, 1.165) is 34.8 Å². The predicted molar refractivity (Wildman–Crippen MR) is 152 cm³/mol. The molecule has 7 rings (SSSR count). The Bertz CT molecular complexity index is 1570. The number of ether oxygens (including phenoxy) is 3. The van der Waals surface area contributed by atoms with Crippen LogP contribution >= 0.6 is 0 Å². The zero-order valence-corrected chi connectivity index (χ0v) is 24.3. The van der Waals surface area contributed by atoms with E-state index >= 15 is 0 Å². The third-order valence-corrected chi connectivity index (χ3v) is 9.78. The first-order valence-electron chi connectivity index (χ1n) is 14.3. The Hall–Kier alpha value is -3.76. The second-order valence-electron chi connectivity index (χ2n) is 12.4. The standard InChI is InChI=1S/C32H35FN4O5/c1-20-14-36(19-34-20)26-10-5-21(11-27(26)39-3)25-12-24(38)13-28(40-4)32(25)15-31(17-41-18-31)16-37-29(32)35-42-30(37,2)22-6-8-23(33)9-7-22/h5-11,14,19,25,28H,12-13,15-18H2,1-4H3. The molecule has 0 radical (unpaired) electrons. The van der Waals surface area contributed by atoms with Gasteiger partial charge in [-0.1, -0.05) is 23.4 Å². The molecular formula is C32H35FN4O5. The summed E-state index contributed by atoms with van der Waals surface area (Å²) in [5, 5.41) is 4.79. The number of hydrogen-bond acceptors (Lipinski definition) is 8. The number of halogens is 1. The molecule has 0 amide bonds. The maximum absolute atomic E-state index is 13.9. The number of Topliss-reactive ketones (excluding diaryl/α,β-unsaturated/α-hetero) is 1. The van der Waals surface area contributed by atoms with Crippen molar-refractivity contribution in [3.63, 3.8) is 0 Å². The van der Waals surface area contributed by atoms with Crippen LogP contribution in [0.15, 0.2) is 60.1 Å². The van der Waals surface area contributed by atoms with Crippen LogP contribution in [0.3, 0.4) is 0 Å². The molecule has 1 aliphatic carbocycles. The van der Waals surface area contributed by atoms with Crippen molar-refractivity contribution in [1.82, 2.24) is 14.5 Å². The fraction of sp³-hybridized carbons (Fsp3) is 0.469. The number of imidazole rings is 1. The number of aromatic nitrogens is 2. The van der Waals surface area contributed by atoms with Gasteiger partial charge in [-0.15, -0.1) is 0 Å². The number of carbonyl (C=O) groups excluding carboxylic acids is 1. The average Bonchev–Trinajstić information content (AvgIpc) is 3.56. The topological polar surface area (TPSA) is 87.4 Å². The lowest BCUT2D eigenvalue weighted by atomic mass is 9.52. The van der Waals surface area contributed by atoms with Crippen molar-refractivity contribution >= 4 is 11.6 Å². The SMILES string of the molecule is COc1cc(C2CC(=O)CC(OC)C23CC2(COC2)CN2C3=NOC2(C)c2ccc(F)cc2)ccc1-n1cnc(C)c1. The minimum atomic E-state index is -0.954. The highest BCUT2D eigenvalue weighted by Gasteiger charge is 2.67. The molecule has 1 aromatic heterocycles. The van der Waals surface area contributed by atoms with Crippen LogP contribution in [0.4, 0.5) is 4.39 Å². The fourth-order valence-corrected chi connectivity index (χ4v) is 7.67. The van der Waals surface area contributed by atoms with Crippen LogP contribution in [0.1, 0.15) is 48.9 Å². The van der Waals surface area contributed by atoms with Crippen LogP contribution in [-0.2, 0) is 24.8 Å². The molecule has 2 aromatic carbocycles. The van der Waals surface area contributed by atoms with Crippen LogP contribution in [0.2, 0.25) is 0 Å². The van der Waals surface area contributed by atoms with E-state index in [1.165, 1.54) is 12.1 Å². The maximum Gasteiger partial charge on any atom is 0.234 e. The number of ketones is 1. The van der Waals surface area contributed by atoms with Crippen LogP contribution < -0.4 is 4.74 Å². The highest BCUT2D eigenvalue weighted by Crippen LogP contribution is 2.62. The number of rotatable bonds is 5. The number of carbonyl (C=O) groups is 1. The summed E-state index contributed by atoms with van der Waals surface area (Å²) in [6.07, 6.45) is 4.64. The third-order valence-electron chi connectivity index (χ3n) is 9.78. The van der Waals surface area contributed by atoms with Crippen molar-refractivity contribution in [3.8, 4) is 11.4 Å². The Morgan fingerprint density at radius 2 is 1.88 bits per heavy atom. The highest BCUT2D eigenvalue weighted by atomic mass is 19.1. The Morgan fingerprint density at radius 1 is 1.10 bits per heavy atom. The van der Waals surface area contributed by atoms with E-state index in [-0.39, 0.29) is 29.4 Å². The summed E-state index contributed by atoms with van der Waals surface area (Å²) in [6, 6.07) is 12.5. The van der Waals surface area contributed by atoms with Gasteiger partial charge in [0, 0.05) is 56.5 Å². The number of oxime groups is 1. The lowest BCUT2D eigenvalue weighted by Crippen LogP contribution is -2.69. The first kappa shape index (κ1) is 27.1. The molecule has 220 valence electrons. The van der Waals surface area contributed by atoms with Gasteiger partial charge in [0.05, 0.1) is 49.6 Å². The normalized spacial score (nSPS) is 29.7. The van der Waals surface area contributed by atoms with Crippen LogP contribution in [0.5, 0.6) is 5.75 Å². The zero-order valence-electron chi connectivity index (χ0n) is 24.3. The number of nitrogens with zero attached hydrogens (tertiary/aromatic N) is 4. The van der Waals surface area contributed by atoms with E-state index in [4.69, 9.17) is 24.2 Å². The minimum absolute atomic E-state index is 0.141. The molecule has 4 aliphatic rings. The lowest BCUT2D eigenvalue weighted by molar-refractivity contribution is -0.193. The Labute approximate surface area is 244 Å². The number of piperidine rings is 1. The molecule has 2 saturated heterocycles. The Morgan fingerprint density at radius 3 is 2.52 bits per heavy atom. The molecule has 2 spiro atoms. The van der Waals surface area contributed by atoms with Crippen molar-refractivity contribution in [2.45, 2.75) is 50.9 Å². The van der Waals surface area contributed by atoms with Crippen LogP contribution in [0, 0.1) is 23.6 Å². The molecule has 0 N–H and O–H groups in total. The van der Waals surface area contributed by atoms with Crippen molar-refractivity contribution in [2.75, 3.05) is 34.0 Å². The quantitative estimate of drug-likeness (QED) is 0.436. The molecule has 3 aliphatic heterocycles. The highest BCUT2D eigenvalue weighted by molar-refractivity contribution is 5.95. The maximum atomic E-state index is 13.9. The van der Waals surface area contributed by atoms with E-state index < -0.39 is 17.2 Å². The summed E-state index contributed by atoms with van der Waals surface area (Å²) in [4.78, 5) is 26.2. The first-order valence-corrected chi connectivity index (χ1v) is 14.3. The molecular weight excluding hydrogens is 539 g/mol. The fourth-order valence-electron chi connectivity index (χ4n) is 7.67. The average molecular weight is 575 g/mol. The van der Waals surface area contributed by atoms with Gasteiger partial charge in [-0.3, -0.25) is 4.79 Å². The van der Waals surface area contributed by atoms with Gasteiger partial charge in [0.25, 0.3) is 0 Å². The van der Waals surface area contributed by atoms with Gasteiger partial charge in [-0.25, -0.2) is 9.37 Å². The van der Waals surface area contributed by atoms with E-state index in [9.17, 15) is 9.18 Å². The largest absolute Gasteiger partial charge is 0.495 e. The van der Waals surface area contributed by atoms with Crippen molar-refractivity contribution < 1.29 is 28.2 Å². The van der Waals surface area contributed by atoms with Gasteiger partial charge in [0.2, 0.25) is 5.72 Å². The molecule has 10 heteroatoms. The second kappa shape index (κ2) is 9.64.